The summed E-state index contributed by atoms with van der Waals surface area (Å²) in [6.07, 6.45) is -1.15. The summed E-state index contributed by atoms with van der Waals surface area (Å²) in [7, 11) is 0. The van der Waals surface area contributed by atoms with Crippen LogP contribution in [-0.4, -0.2) is 59.8 Å². The van der Waals surface area contributed by atoms with Crippen LogP contribution in [0, 0.1) is 0 Å². The van der Waals surface area contributed by atoms with Gasteiger partial charge in [0.2, 0.25) is 0 Å². The van der Waals surface area contributed by atoms with Gasteiger partial charge in [-0.25, -0.2) is 15.0 Å². The first kappa shape index (κ1) is 14.3. The summed E-state index contributed by atoms with van der Waals surface area (Å²) < 4.78 is 7.14. The molecule has 0 unspecified atom stereocenters. The van der Waals surface area contributed by atoms with Crippen LogP contribution in [0.15, 0.2) is 24.8 Å². The molecule has 1 fully saturated rings. The summed E-state index contributed by atoms with van der Waals surface area (Å²) in [4.78, 5) is 12.4. The minimum absolute atomic E-state index is 0.339. The van der Waals surface area contributed by atoms with Crippen molar-refractivity contribution in [2.75, 3.05) is 12.3 Å². The van der Waals surface area contributed by atoms with Gasteiger partial charge in [-0.15, -0.1) is 0 Å². The van der Waals surface area contributed by atoms with Gasteiger partial charge in [0.25, 0.3) is 0 Å². The van der Waals surface area contributed by atoms with Crippen molar-refractivity contribution in [3.63, 3.8) is 0 Å². The lowest BCUT2D eigenvalue weighted by Crippen LogP contribution is -2.33. The molecular weight excluding hydrogens is 302 g/mol. The number of benzene rings is 1. The highest BCUT2D eigenvalue weighted by Crippen LogP contribution is 2.33. The highest BCUT2D eigenvalue weighted by atomic mass is 16.6. The van der Waals surface area contributed by atoms with Gasteiger partial charge in [0.05, 0.1) is 29.5 Å². The molecule has 0 spiro atoms. The van der Waals surface area contributed by atoms with Crippen molar-refractivity contribution in [1.82, 2.24) is 19.5 Å². The smallest absolute Gasteiger partial charge is 0.164 e. The van der Waals surface area contributed by atoms with Gasteiger partial charge in [-0.1, -0.05) is 0 Å². The SMILES string of the molecule is Nc1ncnc2cc3ncn([C@@H]4O[C@H](CO)[C@@H](O)[C@H]4O)c3cc12. The van der Waals surface area contributed by atoms with E-state index < -0.39 is 24.5 Å². The third kappa shape index (κ3) is 2.05. The van der Waals surface area contributed by atoms with Crippen LogP contribution in [0.5, 0.6) is 0 Å². The molecule has 1 aliphatic heterocycles. The van der Waals surface area contributed by atoms with Crippen molar-refractivity contribution in [3.8, 4) is 0 Å². The van der Waals surface area contributed by atoms with Gasteiger partial charge >= 0.3 is 0 Å². The van der Waals surface area contributed by atoms with Crippen molar-refractivity contribution in [3.05, 3.63) is 24.8 Å². The van der Waals surface area contributed by atoms with Crippen molar-refractivity contribution in [2.24, 2.45) is 0 Å². The molecule has 5 N–H and O–H groups in total. The van der Waals surface area contributed by atoms with Crippen LogP contribution in [0.1, 0.15) is 6.23 Å². The number of aliphatic hydroxyl groups is 3. The lowest BCUT2D eigenvalue weighted by molar-refractivity contribution is -0.0508. The van der Waals surface area contributed by atoms with E-state index in [0.29, 0.717) is 27.8 Å². The van der Waals surface area contributed by atoms with Gasteiger partial charge in [0.1, 0.15) is 30.5 Å². The number of nitrogens with two attached hydrogens (primary N) is 1. The summed E-state index contributed by atoms with van der Waals surface area (Å²) >= 11 is 0. The van der Waals surface area contributed by atoms with Crippen LogP contribution in [-0.2, 0) is 4.74 Å². The second-order valence-electron chi connectivity index (χ2n) is 5.50. The topological polar surface area (TPSA) is 140 Å². The standard InChI is InChI=1S/C14H15N5O4/c15-13-6-1-9-8(2-7(6)16-4-17-13)18-5-19(9)14-12(22)11(21)10(3-20)23-14/h1-2,4-5,10-12,14,20-22H,3H2,(H2,15,16,17)/t10-,11-,12-,14-/m1/s1. The summed E-state index contributed by atoms with van der Waals surface area (Å²) in [5.74, 6) is 0.339. The maximum Gasteiger partial charge on any atom is 0.164 e. The molecule has 1 aromatic carbocycles. The molecular formula is C14H15N5O4. The fourth-order valence-corrected chi connectivity index (χ4v) is 2.91. The first-order chi connectivity index (χ1) is 11.1. The Balaban J connectivity index is 1.86. The maximum atomic E-state index is 10.2. The number of fused-ring (bicyclic) bond motifs is 2. The fourth-order valence-electron chi connectivity index (χ4n) is 2.91. The molecule has 3 heterocycles. The molecule has 4 atom stereocenters. The van der Waals surface area contributed by atoms with Crippen molar-refractivity contribution in [2.45, 2.75) is 24.5 Å². The number of hydrogen-bond acceptors (Lipinski definition) is 8. The van der Waals surface area contributed by atoms with Gasteiger partial charge < -0.3 is 30.4 Å². The monoisotopic (exact) mass is 317 g/mol. The normalized spacial score (nSPS) is 28.0. The highest BCUT2D eigenvalue weighted by Gasteiger charge is 2.43. The van der Waals surface area contributed by atoms with Crippen LogP contribution >= 0.6 is 0 Å². The van der Waals surface area contributed by atoms with E-state index in [9.17, 15) is 15.3 Å². The number of aromatic nitrogens is 4. The van der Waals surface area contributed by atoms with E-state index in [0.717, 1.165) is 0 Å². The minimum Gasteiger partial charge on any atom is -0.394 e. The average Bonchev–Trinajstić information content (AvgIpc) is 3.08. The van der Waals surface area contributed by atoms with E-state index in [4.69, 9.17) is 10.5 Å². The molecule has 0 amide bonds. The number of rotatable bonds is 2. The predicted octanol–water partition coefficient (Wildman–Crippen LogP) is -0.827. The van der Waals surface area contributed by atoms with E-state index in [1.165, 1.54) is 12.7 Å². The molecule has 0 saturated carbocycles. The fraction of sp³-hybridized carbons (Fsp3) is 0.357. The number of hydrogen-bond donors (Lipinski definition) is 4. The zero-order chi connectivity index (χ0) is 16.1. The minimum atomic E-state index is -1.18. The van der Waals surface area contributed by atoms with Crippen LogP contribution in [0.3, 0.4) is 0 Å². The van der Waals surface area contributed by atoms with Crippen LogP contribution < -0.4 is 5.73 Å². The Hall–Kier alpha value is -2.33. The first-order valence-electron chi connectivity index (χ1n) is 7.09. The molecule has 3 aromatic rings. The summed E-state index contributed by atoms with van der Waals surface area (Å²) in [6, 6.07) is 3.53. The number of ether oxygens (including phenoxy) is 1. The number of nitrogens with zero attached hydrogens (tertiary/aromatic N) is 4. The Labute approximate surface area is 130 Å². The number of anilines is 1. The van der Waals surface area contributed by atoms with Gasteiger partial charge in [-0.3, -0.25) is 0 Å². The van der Waals surface area contributed by atoms with Crippen molar-refractivity contribution >= 4 is 27.8 Å². The van der Waals surface area contributed by atoms with Crippen LogP contribution in [0.2, 0.25) is 0 Å². The van der Waals surface area contributed by atoms with Gasteiger partial charge in [0, 0.05) is 5.39 Å². The molecule has 9 nitrogen and oxygen atoms in total. The van der Waals surface area contributed by atoms with Crippen molar-refractivity contribution in [1.29, 1.82) is 0 Å². The van der Waals surface area contributed by atoms with E-state index in [2.05, 4.69) is 15.0 Å². The molecule has 1 aliphatic rings. The quantitative estimate of drug-likeness (QED) is 0.480. The molecule has 2 aromatic heterocycles. The molecule has 0 bridgehead atoms. The number of aliphatic hydroxyl groups excluding tert-OH is 3. The largest absolute Gasteiger partial charge is 0.394 e. The lowest BCUT2D eigenvalue weighted by atomic mass is 10.1. The van der Waals surface area contributed by atoms with Crippen LogP contribution in [0.25, 0.3) is 21.9 Å². The second-order valence-corrected chi connectivity index (χ2v) is 5.50. The zero-order valence-electron chi connectivity index (χ0n) is 11.9. The molecule has 4 rings (SSSR count). The molecule has 23 heavy (non-hydrogen) atoms. The molecule has 9 heteroatoms. The Bertz CT molecular complexity index is 882. The Morgan fingerprint density at radius 3 is 2.70 bits per heavy atom. The van der Waals surface area contributed by atoms with Gasteiger partial charge in [-0.05, 0) is 12.1 Å². The van der Waals surface area contributed by atoms with Gasteiger partial charge in [-0.2, -0.15) is 0 Å². The Morgan fingerprint density at radius 2 is 1.96 bits per heavy atom. The maximum absolute atomic E-state index is 10.2. The van der Waals surface area contributed by atoms with E-state index in [1.807, 2.05) is 0 Å². The van der Waals surface area contributed by atoms with Crippen molar-refractivity contribution < 1.29 is 20.1 Å². The predicted molar refractivity (Wildman–Crippen MR) is 80.3 cm³/mol. The van der Waals surface area contributed by atoms with Gasteiger partial charge in [0.15, 0.2) is 6.23 Å². The third-order valence-corrected chi connectivity index (χ3v) is 4.15. The third-order valence-electron chi connectivity index (χ3n) is 4.15. The average molecular weight is 317 g/mol. The molecule has 0 radical (unpaired) electrons. The Morgan fingerprint density at radius 1 is 1.13 bits per heavy atom. The second kappa shape index (κ2) is 5.10. The highest BCUT2D eigenvalue weighted by molar-refractivity contribution is 5.97. The molecule has 120 valence electrons. The summed E-state index contributed by atoms with van der Waals surface area (Å²) in [5.41, 5.74) is 7.85. The number of nitrogen functional groups attached to an aromatic ring is 1. The Kier molecular flexibility index (Phi) is 3.16. The van der Waals surface area contributed by atoms with Crippen LogP contribution in [0.4, 0.5) is 5.82 Å². The van der Waals surface area contributed by atoms with E-state index in [1.54, 1.807) is 16.7 Å². The zero-order valence-corrected chi connectivity index (χ0v) is 11.9. The lowest BCUT2D eigenvalue weighted by Gasteiger charge is -2.17. The summed E-state index contributed by atoms with van der Waals surface area (Å²) in [5, 5.41) is 29.9. The first-order valence-corrected chi connectivity index (χ1v) is 7.09. The summed E-state index contributed by atoms with van der Waals surface area (Å²) in [6.45, 7) is -0.384. The van der Waals surface area contributed by atoms with E-state index in [-0.39, 0.29) is 6.61 Å². The molecule has 0 aliphatic carbocycles. The van der Waals surface area contributed by atoms with E-state index >= 15 is 0 Å². The number of imidazole rings is 1. The molecule has 1 saturated heterocycles.